The van der Waals surface area contributed by atoms with Crippen molar-refractivity contribution < 1.29 is 24.0 Å². The van der Waals surface area contributed by atoms with Crippen molar-refractivity contribution in [2.24, 2.45) is 5.41 Å². The zero-order chi connectivity index (χ0) is 18.8. The number of carbonyl (C=O) groups excluding carboxylic acids is 3. The first-order valence-corrected chi connectivity index (χ1v) is 8.72. The topological polar surface area (TPSA) is 87.2 Å². The Labute approximate surface area is 148 Å². The fourth-order valence-electron chi connectivity index (χ4n) is 3.82. The van der Waals surface area contributed by atoms with E-state index >= 15 is 0 Å². The van der Waals surface area contributed by atoms with Crippen LogP contribution in [0.2, 0.25) is 0 Å². The molecule has 1 aromatic heterocycles. The van der Waals surface area contributed by atoms with E-state index in [9.17, 15) is 19.5 Å². The summed E-state index contributed by atoms with van der Waals surface area (Å²) in [4.78, 5) is 41.9. The molecule has 2 rings (SSSR count). The van der Waals surface area contributed by atoms with Crippen molar-refractivity contribution in [3.63, 3.8) is 0 Å². The van der Waals surface area contributed by atoms with Crippen LogP contribution < -0.4 is 5.11 Å². The van der Waals surface area contributed by atoms with Gasteiger partial charge in [-0.3, -0.25) is 9.78 Å². The van der Waals surface area contributed by atoms with Crippen molar-refractivity contribution in [1.82, 2.24) is 4.98 Å². The van der Waals surface area contributed by atoms with E-state index in [-0.39, 0.29) is 10.4 Å². The van der Waals surface area contributed by atoms with Gasteiger partial charge in [0, 0.05) is 30.1 Å². The quantitative estimate of drug-likeness (QED) is 0.588. The number of carboxylic acid groups (broad SMARTS) is 1. The molecule has 136 valence electrons. The Balaban J connectivity index is 2.51. The van der Waals surface area contributed by atoms with Crippen molar-refractivity contribution in [3.8, 4) is 0 Å². The van der Waals surface area contributed by atoms with Crippen molar-refractivity contribution in [2.45, 2.75) is 52.5 Å². The van der Waals surface area contributed by atoms with Crippen LogP contribution in [0.1, 0.15) is 52.0 Å². The number of nitrogens with zero attached hydrogens (tertiary/aromatic N) is 2. The predicted octanol–water partition coefficient (Wildman–Crippen LogP) is 1.06. The Bertz CT molecular complexity index is 666. The largest absolute Gasteiger partial charge is 0.544 e. The molecular formula is C19H26N2O4. The smallest absolute Gasteiger partial charge is 0.382 e. The molecule has 1 fully saturated rings. The minimum Gasteiger partial charge on any atom is -0.544 e. The van der Waals surface area contributed by atoms with Crippen LogP contribution in [0.4, 0.5) is 0 Å². The lowest BCUT2D eigenvalue weighted by Gasteiger charge is -2.39. The van der Waals surface area contributed by atoms with Gasteiger partial charge in [0.05, 0.1) is 13.1 Å². The highest BCUT2D eigenvalue weighted by molar-refractivity contribution is 6.35. The maximum Gasteiger partial charge on any atom is 0.382 e. The molecule has 0 N–H and O–H groups in total. The molecule has 0 aliphatic carbocycles. The molecule has 0 saturated carbocycles. The number of amides is 1. The van der Waals surface area contributed by atoms with Gasteiger partial charge in [0.2, 0.25) is 0 Å². The number of carbonyl (C=O) groups is 3. The molecule has 3 atom stereocenters. The molecule has 0 spiro atoms. The molecular weight excluding hydrogens is 320 g/mol. The summed E-state index contributed by atoms with van der Waals surface area (Å²) in [5, 5.41) is 12.0. The number of pyridine rings is 1. The van der Waals surface area contributed by atoms with Gasteiger partial charge in [0.1, 0.15) is 12.0 Å². The summed E-state index contributed by atoms with van der Waals surface area (Å²) in [5.41, 5.74) is -0.0809. The van der Waals surface area contributed by atoms with Gasteiger partial charge in [0.15, 0.2) is 0 Å². The van der Waals surface area contributed by atoms with Gasteiger partial charge >= 0.3 is 5.91 Å². The van der Waals surface area contributed by atoms with Crippen LogP contribution in [0.3, 0.4) is 0 Å². The molecule has 0 bridgehead atoms. The summed E-state index contributed by atoms with van der Waals surface area (Å²) < 4.78 is -0.353. The number of likely N-dealkylation sites (tertiary alicyclic amines) is 1. The highest BCUT2D eigenvalue weighted by Crippen LogP contribution is 2.40. The van der Waals surface area contributed by atoms with E-state index in [0.29, 0.717) is 25.9 Å². The Hall–Kier alpha value is -2.08. The van der Waals surface area contributed by atoms with E-state index in [4.69, 9.17) is 0 Å². The fourth-order valence-corrected chi connectivity index (χ4v) is 3.82. The van der Waals surface area contributed by atoms with Crippen molar-refractivity contribution in [3.05, 3.63) is 30.1 Å². The zero-order valence-electron chi connectivity index (χ0n) is 15.3. The maximum absolute atomic E-state index is 13.1. The monoisotopic (exact) mass is 346 g/mol. The number of ketones is 1. The Morgan fingerprint density at radius 2 is 2.00 bits per heavy atom. The number of quaternary nitrogens is 1. The third-order valence-electron chi connectivity index (χ3n) is 5.01. The van der Waals surface area contributed by atoms with E-state index < -0.39 is 29.1 Å². The first-order valence-electron chi connectivity index (χ1n) is 8.72. The van der Waals surface area contributed by atoms with E-state index in [1.165, 1.54) is 0 Å². The second-order valence-electron chi connectivity index (χ2n) is 7.81. The number of aromatic nitrogens is 1. The van der Waals surface area contributed by atoms with Crippen LogP contribution in [-0.2, 0) is 14.4 Å². The first kappa shape index (κ1) is 19.2. The van der Waals surface area contributed by atoms with E-state index in [1.807, 2.05) is 13.0 Å². The second-order valence-corrected chi connectivity index (χ2v) is 7.81. The lowest BCUT2D eigenvalue weighted by atomic mass is 9.88. The normalized spacial score (nSPS) is 26.4. The Morgan fingerprint density at radius 1 is 1.32 bits per heavy atom. The lowest BCUT2D eigenvalue weighted by molar-refractivity contribution is -0.858. The summed E-state index contributed by atoms with van der Waals surface area (Å²) in [6.07, 6.45) is 4.36. The third kappa shape index (κ3) is 3.49. The van der Waals surface area contributed by atoms with Gasteiger partial charge in [-0.1, -0.05) is 33.8 Å². The number of hydrogen-bond acceptors (Lipinski definition) is 5. The molecule has 1 amide bonds. The average Bonchev–Trinajstić information content (AvgIpc) is 2.94. The van der Waals surface area contributed by atoms with Crippen molar-refractivity contribution >= 4 is 17.7 Å². The van der Waals surface area contributed by atoms with E-state index in [1.54, 1.807) is 39.2 Å². The average molecular weight is 346 g/mol. The fraction of sp³-hybridized carbons (Fsp3) is 0.579. The molecule has 0 radical (unpaired) electrons. The molecule has 6 nitrogen and oxygen atoms in total. The van der Waals surface area contributed by atoms with Gasteiger partial charge in [-0.15, -0.1) is 0 Å². The predicted molar refractivity (Wildman–Crippen MR) is 90.1 cm³/mol. The van der Waals surface area contributed by atoms with Crippen LogP contribution >= 0.6 is 0 Å². The minimum atomic E-state index is -1.28. The number of Topliss-reactive ketones (excluding diaryl/α,β-unsaturated/α-hetero) is 1. The molecule has 1 aliphatic rings. The number of hydrogen-bond donors (Lipinski definition) is 0. The van der Waals surface area contributed by atoms with Crippen LogP contribution in [0.15, 0.2) is 24.5 Å². The third-order valence-corrected chi connectivity index (χ3v) is 5.01. The molecule has 1 saturated heterocycles. The zero-order valence-corrected chi connectivity index (χ0v) is 15.3. The van der Waals surface area contributed by atoms with Gasteiger partial charge in [-0.25, -0.2) is 9.28 Å². The van der Waals surface area contributed by atoms with Crippen LogP contribution in [0, 0.1) is 5.41 Å². The molecule has 0 aromatic carbocycles. The highest BCUT2D eigenvalue weighted by Gasteiger charge is 2.57. The number of carboxylic acids is 1. The summed E-state index contributed by atoms with van der Waals surface area (Å²) in [7, 11) is 0. The lowest BCUT2D eigenvalue weighted by Crippen LogP contribution is -2.65. The SMILES string of the molecule is CCC[N+]1(C(=O)C(=O)C(C)(C)C)CCC(c2cccnc2)C1C(=O)[O-]. The van der Waals surface area contributed by atoms with Gasteiger partial charge in [0.25, 0.3) is 5.78 Å². The molecule has 6 heteroatoms. The summed E-state index contributed by atoms with van der Waals surface area (Å²) >= 11 is 0. The molecule has 25 heavy (non-hydrogen) atoms. The number of rotatable bonds is 5. The first-order chi connectivity index (χ1) is 11.6. The Kier molecular flexibility index (Phi) is 5.42. The minimum absolute atomic E-state index is 0.316. The maximum atomic E-state index is 13.1. The molecule has 2 heterocycles. The van der Waals surface area contributed by atoms with Crippen LogP contribution in [0.25, 0.3) is 0 Å². The van der Waals surface area contributed by atoms with Crippen LogP contribution in [-0.4, -0.2) is 46.3 Å². The standard InChI is InChI=1S/C19H26N2O4/c1-5-10-21(17(23)16(22)19(2,3)4)11-8-14(15(21)18(24)25)13-7-6-9-20-12-13/h6-7,9,12,14-15H,5,8,10-11H2,1-4H3. The summed E-state index contributed by atoms with van der Waals surface area (Å²) in [6.45, 7) is 7.57. The van der Waals surface area contributed by atoms with Gasteiger partial charge in [-0.2, -0.15) is 0 Å². The van der Waals surface area contributed by atoms with Crippen LogP contribution in [0.5, 0.6) is 0 Å². The van der Waals surface area contributed by atoms with Gasteiger partial charge in [-0.05, 0) is 18.1 Å². The highest BCUT2D eigenvalue weighted by atomic mass is 16.4. The van der Waals surface area contributed by atoms with Crippen molar-refractivity contribution in [2.75, 3.05) is 13.1 Å². The second kappa shape index (κ2) is 7.04. The molecule has 3 unspecified atom stereocenters. The number of aliphatic carboxylic acids is 1. The molecule has 1 aliphatic heterocycles. The van der Waals surface area contributed by atoms with Gasteiger partial charge < -0.3 is 9.90 Å². The Morgan fingerprint density at radius 3 is 2.48 bits per heavy atom. The van der Waals surface area contributed by atoms with Crippen molar-refractivity contribution in [1.29, 1.82) is 0 Å². The van der Waals surface area contributed by atoms with E-state index in [0.717, 1.165) is 5.56 Å². The summed E-state index contributed by atoms with van der Waals surface area (Å²) in [6, 6.07) is 2.50. The van der Waals surface area contributed by atoms with E-state index in [2.05, 4.69) is 4.98 Å². The summed E-state index contributed by atoms with van der Waals surface area (Å²) in [5.74, 6) is -2.81. The molecule has 1 aromatic rings.